The zero-order valence-electron chi connectivity index (χ0n) is 8.02. The highest BCUT2D eigenvalue weighted by Crippen LogP contribution is 2.19. The Hall–Kier alpha value is -0.730. The van der Waals surface area contributed by atoms with Gasteiger partial charge in [-0.2, -0.15) is 0 Å². The molecule has 13 heavy (non-hydrogen) atoms. The number of aryl methyl sites for hydroxylation is 1. The fourth-order valence-corrected chi connectivity index (χ4v) is 1.22. The van der Waals surface area contributed by atoms with Crippen molar-refractivity contribution < 1.29 is 0 Å². The van der Waals surface area contributed by atoms with Gasteiger partial charge in [0.05, 0.1) is 0 Å². The Morgan fingerprint density at radius 2 is 2.08 bits per heavy atom. The molecule has 0 aliphatic carbocycles. The summed E-state index contributed by atoms with van der Waals surface area (Å²) >= 11 is 5.97. The molecule has 72 valence electrons. The van der Waals surface area contributed by atoms with E-state index in [0.29, 0.717) is 0 Å². The van der Waals surface area contributed by atoms with Gasteiger partial charge in [-0.3, -0.25) is 0 Å². The van der Waals surface area contributed by atoms with Gasteiger partial charge in [0.1, 0.15) is 0 Å². The monoisotopic (exact) mass is 198 g/mol. The predicted molar refractivity (Wildman–Crippen MR) is 58.6 cm³/mol. The first-order valence-corrected chi connectivity index (χ1v) is 4.76. The zero-order chi connectivity index (χ0) is 9.68. The van der Waals surface area contributed by atoms with Crippen molar-refractivity contribution in [3.05, 3.63) is 28.8 Å². The van der Waals surface area contributed by atoms with E-state index in [2.05, 4.69) is 10.6 Å². The lowest BCUT2D eigenvalue weighted by Crippen LogP contribution is -2.17. The van der Waals surface area contributed by atoms with E-state index in [1.165, 1.54) is 0 Å². The summed E-state index contributed by atoms with van der Waals surface area (Å²) in [5, 5.41) is 7.15. The quantitative estimate of drug-likeness (QED) is 0.726. The number of rotatable bonds is 4. The first kappa shape index (κ1) is 10.4. The van der Waals surface area contributed by atoms with Gasteiger partial charge >= 0.3 is 0 Å². The first-order chi connectivity index (χ1) is 6.24. The van der Waals surface area contributed by atoms with Crippen LogP contribution < -0.4 is 10.6 Å². The largest absolute Gasteiger partial charge is 0.384 e. The van der Waals surface area contributed by atoms with Gasteiger partial charge in [0, 0.05) is 23.8 Å². The third-order valence-corrected chi connectivity index (χ3v) is 2.28. The topological polar surface area (TPSA) is 24.1 Å². The van der Waals surface area contributed by atoms with Gasteiger partial charge < -0.3 is 10.6 Å². The van der Waals surface area contributed by atoms with Gasteiger partial charge in [-0.15, -0.1) is 0 Å². The lowest BCUT2D eigenvalue weighted by atomic mass is 10.2. The molecule has 0 spiro atoms. The molecule has 0 unspecified atom stereocenters. The molecule has 0 heterocycles. The Bertz CT molecular complexity index is 274. The number of nitrogens with one attached hydrogen (secondary N) is 2. The maximum atomic E-state index is 5.97. The van der Waals surface area contributed by atoms with Crippen molar-refractivity contribution in [2.75, 3.05) is 25.5 Å². The summed E-state index contributed by atoms with van der Waals surface area (Å²) in [5.41, 5.74) is 2.19. The number of benzene rings is 1. The van der Waals surface area contributed by atoms with Crippen LogP contribution in [0.25, 0.3) is 0 Å². The number of likely N-dealkylation sites (N-methyl/N-ethyl adjacent to an activating group) is 1. The van der Waals surface area contributed by atoms with E-state index < -0.39 is 0 Å². The van der Waals surface area contributed by atoms with Crippen LogP contribution in [0.5, 0.6) is 0 Å². The Labute approximate surface area is 84.3 Å². The van der Waals surface area contributed by atoms with Crippen LogP contribution in [0.1, 0.15) is 5.56 Å². The molecule has 2 N–H and O–H groups in total. The van der Waals surface area contributed by atoms with Crippen LogP contribution in [0.15, 0.2) is 18.2 Å². The molecule has 0 bridgehead atoms. The third kappa shape index (κ3) is 3.25. The number of hydrogen-bond acceptors (Lipinski definition) is 2. The van der Waals surface area contributed by atoms with E-state index >= 15 is 0 Å². The fourth-order valence-electron chi connectivity index (χ4n) is 1.03. The number of halogens is 1. The number of hydrogen-bond donors (Lipinski definition) is 2. The summed E-state index contributed by atoms with van der Waals surface area (Å²) in [6.07, 6.45) is 0. The minimum Gasteiger partial charge on any atom is -0.384 e. The maximum Gasteiger partial charge on any atom is 0.0455 e. The van der Waals surface area contributed by atoms with Gasteiger partial charge in [-0.05, 0) is 31.7 Å². The van der Waals surface area contributed by atoms with Gasteiger partial charge in [0.15, 0.2) is 0 Å². The highest BCUT2D eigenvalue weighted by Gasteiger charge is 1.96. The molecule has 0 amide bonds. The molecule has 1 rings (SSSR count). The molecule has 1 aromatic carbocycles. The second-order valence-electron chi connectivity index (χ2n) is 2.99. The summed E-state index contributed by atoms with van der Waals surface area (Å²) in [6, 6.07) is 6.01. The third-order valence-electron chi connectivity index (χ3n) is 1.88. The Morgan fingerprint density at radius 3 is 2.69 bits per heavy atom. The van der Waals surface area contributed by atoms with Crippen molar-refractivity contribution in [3.8, 4) is 0 Å². The molecule has 0 aliphatic rings. The van der Waals surface area contributed by atoms with E-state index in [1.807, 2.05) is 32.2 Å². The molecular formula is C10H15ClN2. The lowest BCUT2D eigenvalue weighted by molar-refractivity contribution is 0.824. The molecule has 0 aromatic heterocycles. The van der Waals surface area contributed by atoms with E-state index in [9.17, 15) is 0 Å². The molecule has 0 radical (unpaired) electrons. The summed E-state index contributed by atoms with van der Waals surface area (Å²) in [7, 11) is 1.93. The van der Waals surface area contributed by atoms with Crippen LogP contribution in [0.3, 0.4) is 0 Å². The predicted octanol–water partition coefficient (Wildman–Crippen LogP) is 2.28. The van der Waals surface area contributed by atoms with Crippen LogP contribution in [0, 0.1) is 6.92 Å². The van der Waals surface area contributed by atoms with Crippen LogP contribution >= 0.6 is 11.6 Å². The lowest BCUT2D eigenvalue weighted by Gasteiger charge is -2.07. The van der Waals surface area contributed by atoms with Crippen LogP contribution in [0.2, 0.25) is 5.02 Å². The van der Waals surface area contributed by atoms with Crippen LogP contribution in [-0.2, 0) is 0 Å². The highest BCUT2D eigenvalue weighted by atomic mass is 35.5. The molecule has 2 nitrogen and oxygen atoms in total. The summed E-state index contributed by atoms with van der Waals surface area (Å²) in [5.74, 6) is 0. The van der Waals surface area contributed by atoms with E-state index in [-0.39, 0.29) is 0 Å². The van der Waals surface area contributed by atoms with Gasteiger partial charge in [0.2, 0.25) is 0 Å². The molecule has 0 aliphatic heterocycles. The standard InChI is InChI=1S/C10H15ClN2/c1-8-3-4-9(7-10(8)11)13-6-5-12-2/h3-4,7,12-13H,5-6H2,1-2H3. The Morgan fingerprint density at radius 1 is 1.31 bits per heavy atom. The molecule has 3 heteroatoms. The zero-order valence-corrected chi connectivity index (χ0v) is 8.78. The smallest absolute Gasteiger partial charge is 0.0455 e. The maximum absolute atomic E-state index is 5.97. The fraction of sp³-hybridized carbons (Fsp3) is 0.400. The van der Waals surface area contributed by atoms with E-state index in [4.69, 9.17) is 11.6 Å². The van der Waals surface area contributed by atoms with Crippen molar-refractivity contribution >= 4 is 17.3 Å². The van der Waals surface area contributed by atoms with Crippen LogP contribution in [-0.4, -0.2) is 20.1 Å². The molecule has 1 aromatic rings. The summed E-state index contributed by atoms with van der Waals surface area (Å²) in [4.78, 5) is 0. The molecule has 0 saturated heterocycles. The van der Waals surface area contributed by atoms with Crippen molar-refractivity contribution in [1.82, 2.24) is 5.32 Å². The van der Waals surface area contributed by atoms with Crippen molar-refractivity contribution in [3.63, 3.8) is 0 Å². The Kier molecular flexibility index (Phi) is 4.06. The normalized spacial score (nSPS) is 10.1. The SMILES string of the molecule is CNCCNc1ccc(C)c(Cl)c1. The first-order valence-electron chi connectivity index (χ1n) is 4.38. The summed E-state index contributed by atoms with van der Waals surface area (Å²) < 4.78 is 0. The molecule has 0 saturated carbocycles. The van der Waals surface area contributed by atoms with Gasteiger partial charge in [-0.1, -0.05) is 17.7 Å². The molecule has 0 atom stereocenters. The second-order valence-corrected chi connectivity index (χ2v) is 3.40. The highest BCUT2D eigenvalue weighted by molar-refractivity contribution is 6.31. The van der Waals surface area contributed by atoms with Gasteiger partial charge in [-0.25, -0.2) is 0 Å². The van der Waals surface area contributed by atoms with Crippen molar-refractivity contribution in [2.24, 2.45) is 0 Å². The van der Waals surface area contributed by atoms with E-state index in [0.717, 1.165) is 29.4 Å². The average molecular weight is 199 g/mol. The Balaban J connectivity index is 2.53. The molecular weight excluding hydrogens is 184 g/mol. The van der Waals surface area contributed by atoms with Crippen molar-refractivity contribution in [1.29, 1.82) is 0 Å². The van der Waals surface area contributed by atoms with Crippen LogP contribution in [0.4, 0.5) is 5.69 Å². The molecule has 0 fully saturated rings. The average Bonchev–Trinajstić information content (AvgIpc) is 2.12. The summed E-state index contributed by atoms with van der Waals surface area (Å²) in [6.45, 7) is 3.86. The van der Waals surface area contributed by atoms with Gasteiger partial charge in [0.25, 0.3) is 0 Å². The van der Waals surface area contributed by atoms with E-state index in [1.54, 1.807) is 0 Å². The minimum atomic E-state index is 0.814. The minimum absolute atomic E-state index is 0.814. The van der Waals surface area contributed by atoms with Crippen molar-refractivity contribution in [2.45, 2.75) is 6.92 Å². The number of anilines is 1. The second kappa shape index (κ2) is 5.10.